The summed E-state index contributed by atoms with van der Waals surface area (Å²) in [4.78, 5) is 23.9. The van der Waals surface area contributed by atoms with Crippen LogP contribution in [0.2, 0.25) is 5.15 Å². The Morgan fingerprint density at radius 2 is 2.33 bits per heavy atom. The summed E-state index contributed by atoms with van der Waals surface area (Å²) in [6.45, 7) is 2.12. The Balaban J connectivity index is 2.25. The van der Waals surface area contributed by atoms with Gasteiger partial charge in [-0.1, -0.05) is 11.6 Å². The highest BCUT2D eigenvalue weighted by molar-refractivity contribution is 6.29. The molecular weight excluding hydrogens is 254 g/mol. The lowest BCUT2D eigenvalue weighted by atomic mass is 10.1. The number of halogens is 1. The quantitative estimate of drug-likeness (QED) is 0.819. The van der Waals surface area contributed by atoms with E-state index in [0.717, 1.165) is 6.54 Å². The zero-order valence-electron chi connectivity index (χ0n) is 10.4. The van der Waals surface area contributed by atoms with Crippen molar-refractivity contribution >= 4 is 23.3 Å². The molecule has 98 valence electrons. The standard InChI is InChI=1S/C11H16ClN5O/c1-16(2)11(18)8-5-13-3-4-17(8)10-7-14-6-9(12)15-10/h6-8,13H,3-5H2,1-2H3. The summed E-state index contributed by atoms with van der Waals surface area (Å²) >= 11 is 5.84. The molecule has 1 saturated heterocycles. The van der Waals surface area contributed by atoms with Crippen molar-refractivity contribution in [3.8, 4) is 0 Å². The Labute approximate surface area is 111 Å². The average Bonchev–Trinajstić information content (AvgIpc) is 2.38. The first-order valence-electron chi connectivity index (χ1n) is 5.75. The van der Waals surface area contributed by atoms with Gasteiger partial charge in [-0.25, -0.2) is 4.98 Å². The van der Waals surface area contributed by atoms with E-state index in [2.05, 4.69) is 15.3 Å². The number of nitrogens with one attached hydrogen (secondary N) is 1. The molecule has 6 nitrogen and oxygen atoms in total. The average molecular weight is 270 g/mol. The molecule has 7 heteroatoms. The first-order valence-corrected chi connectivity index (χ1v) is 6.13. The van der Waals surface area contributed by atoms with Crippen LogP contribution in [0.1, 0.15) is 0 Å². The van der Waals surface area contributed by atoms with Crippen molar-refractivity contribution in [3.63, 3.8) is 0 Å². The first kappa shape index (κ1) is 13.0. The molecule has 1 atom stereocenters. The number of rotatable bonds is 2. The minimum absolute atomic E-state index is 0.0453. The van der Waals surface area contributed by atoms with Crippen molar-refractivity contribution < 1.29 is 4.79 Å². The van der Waals surface area contributed by atoms with E-state index in [1.807, 2.05) is 4.90 Å². The van der Waals surface area contributed by atoms with Gasteiger partial charge in [0.05, 0.1) is 12.4 Å². The molecule has 1 aromatic rings. The second-order valence-electron chi connectivity index (χ2n) is 4.35. The van der Waals surface area contributed by atoms with Crippen molar-refractivity contribution in [3.05, 3.63) is 17.5 Å². The summed E-state index contributed by atoms with van der Waals surface area (Å²) in [6.07, 6.45) is 3.11. The van der Waals surface area contributed by atoms with Crippen molar-refractivity contribution in [1.29, 1.82) is 0 Å². The maximum atomic E-state index is 12.1. The van der Waals surface area contributed by atoms with Crippen LogP contribution < -0.4 is 10.2 Å². The van der Waals surface area contributed by atoms with Gasteiger partial charge < -0.3 is 15.1 Å². The molecule has 1 amide bonds. The Kier molecular flexibility index (Phi) is 3.98. The third-order valence-corrected chi connectivity index (χ3v) is 3.04. The van der Waals surface area contributed by atoms with Crippen LogP contribution in [0.4, 0.5) is 5.82 Å². The van der Waals surface area contributed by atoms with Crippen LogP contribution in [0.3, 0.4) is 0 Å². The predicted octanol–water partition coefficient (Wildman–Crippen LogP) is -0.00360. The highest BCUT2D eigenvalue weighted by atomic mass is 35.5. The number of likely N-dealkylation sites (N-methyl/N-ethyl adjacent to an activating group) is 1. The van der Waals surface area contributed by atoms with Gasteiger partial charge in [-0.2, -0.15) is 0 Å². The number of nitrogens with zero attached hydrogens (tertiary/aromatic N) is 4. The summed E-state index contributed by atoms with van der Waals surface area (Å²) in [5.41, 5.74) is 0. The fourth-order valence-corrected chi connectivity index (χ4v) is 2.11. The highest BCUT2D eigenvalue weighted by Crippen LogP contribution is 2.17. The van der Waals surface area contributed by atoms with Crippen LogP contribution in [-0.4, -0.2) is 60.5 Å². The van der Waals surface area contributed by atoms with Crippen LogP contribution in [0.25, 0.3) is 0 Å². The molecule has 0 saturated carbocycles. The summed E-state index contributed by atoms with van der Waals surface area (Å²) in [6, 6.07) is -0.262. The molecule has 2 rings (SSSR count). The third-order valence-electron chi connectivity index (χ3n) is 2.86. The molecule has 18 heavy (non-hydrogen) atoms. The van der Waals surface area contributed by atoms with E-state index in [-0.39, 0.29) is 11.9 Å². The van der Waals surface area contributed by atoms with Gasteiger partial charge in [-0.15, -0.1) is 0 Å². The Bertz CT molecular complexity index is 439. The molecule has 2 heterocycles. The Morgan fingerprint density at radius 3 is 3.00 bits per heavy atom. The smallest absolute Gasteiger partial charge is 0.246 e. The van der Waals surface area contributed by atoms with E-state index in [9.17, 15) is 4.79 Å². The number of hydrogen-bond donors (Lipinski definition) is 1. The van der Waals surface area contributed by atoms with Gasteiger partial charge in [-0.05, 0) is 0 Å². The van der Waals surface area contributed by atoms with Crippen molar-refractivity contribution in [1.82, 2.24) is 20.2 Å². The van der Waals surface area contributed by atoms with Gasteiger partial charge in [-0.3, -0.25) is 9.78 Å². The number of piperazine rings is 1. The second kappa shape index (κ2) is 5.49. The van der Waals surface area contributed by atoms with Crippen molar-refractivity contribution in [2.24, 2.45) is 0 Å². The number of hydrogen-bond acceptors (Lipinski definition) is 5. The lowest BCUT2D eigenvalue weighted by Gasteiger charge is -2.37. The largest absolute Gasteiger partial charge is 0.347 e. The SMILES string of the molecule is CN(C)C(=O)C1CNCCN1c1cncc(Cl)n1. The minimum Gasteiger partial charge on any atom is -0.347 e. The first-order chi connectivity index (χ1) is 8.59. The summed E-state index contributed by atoms with van der Waals surface area (Å²) in [7, 11) is 3.50. The molecule has 0 aliphatic carbocycles. The van der Waals surface area contributed by atoms with Gasteiger partial charge in [0.25, 0.3) is 0 Å². The maximum Gasteiger partial charge on any atom is 0.246 e. The topological polar surface area (TPSA) is 61.4 Å². The zero-order valence-corrected chi connectivity index (χ0v) is 11.2. The van der Waals surface area contributed by atoms with Crippen LogP contribution in [0, 0.1) is 0 Å². The number of aromatic nitrogens is 2. The van der Waals surface area contributed by atoms with E-state index in [0.29, 0.717) is 24.1 Å². The number of amides is 1. The molecular formula is C11H16ClN5O. The molecule has 1 N–H and O–H groups in total. The molecule has 0 radical (unpaired) electrons. The van der Waals surface area contributed by atoms with Crippen molar-refractivity contribution in [2.45, 2.75) is 6.04 Å². The van der Waals surface area contributed by atoms with Crippen LogP contribution in [0.15, 0.2) is 12.4 Å². The van der Waals surface area contributed by atoms with E-state index in [1.165, 1.54) is 6.20 Å². The third kappa shape index (κ3) is 2.70. The summed E-state index contributed by atoms with van der Waals surface area (Å²) < 4.78 is 0. The Hall–Kier alpha value is -1.40. The van der Waals surface area contributed by atoms with Crippen LogP contribution in [0.5, 0.6) is 0 Å². The molecule has 0 spiro atoms. The second-order valence-corrected chi connectivity index (χ2v) is 4.73. The number of carbonyl (C=O) groups excluding carboxylic acids is 1. The van der Waals surface area contributed by atoms with E-state index >= 15 is 0 Å². The molecule has 1 unspecified atom stereocenters. The van der Waals surface area contributed by atoms with Gasteiger partial charge in [0.15, 0.2) is 0 Å². The lowest BCUT2D eigenvalue weighted by molar-refractivity contribution is -0.130. The van der Waals surface area contributed by atoms with E-state index in [4.69, 9.17) is 11.6 Å². The van der Waals surface area contributed by atoms with Gasteiger partial charge >= 0.3 is 0 Å². The summed E-state index contributed by atoms with van der Waals surface area (Å²) in [5, 5.41) is 3.55. The molecule has 0 aromatic carbocycles. The van der Waals surface area contributed by atoms with Crippen LogP contribution >= 0.6 is 11.6 Å². The number of carbonyl (C=O) groups is 1. The molecule has 1 aromatic heterocycles. The Morgan fingerprint density at radius 1 is 1.56 bits per heavy atom. The maximum absolute atomic E-state index is 12.1. The fourth-order valence-electron chi connectivity index (χ4n) is 1.97. The molecule has 1 fully saturated rings. The molecule has 0 bridgehead atoms. The highest BCUT2D eigenvalue weighted by Gasteiger charge is 2.30. The lowest BCUT2D eigenvalue weighted by Crippen LogP contribution is -2.58. The normalized spacial score (nSPS) is 19.7. The van der Waals surface area contributed by atoms with Gasteiger partial charge in [0.2, 0.25) is 5.91 Å². The molecule has 1 aliphatic heterocycles. The number of anilines is 1. The fraction of sp³-hybridized carbons (Fsp3) is 0.545. The molecule has 1 aliphatic rings. The monoisotopic (exact) mass is 269 g/mol. The predicted molar refractivity (Wildman–Crippen MR) is 69.7 cm³/mol. The zero-order chi connectivity index (χ0) is 13.1. The van der Waals surface area contributed by atoms with Gasteiger partial charge in [0, 0.05) is 33.7 Å². The summed E-state index contributed by atoms with van der Waals surface area (Å²) in [5.74, 6) is 0.688. The van der Waals surface area contributed by atoms with E-state index < -0.39 is 0 Å². The minimum atomic E-state index is -0.262. The van der Waals surface area contributed by atoms with Crippen LogP contribution in [-0.2, 0) is 4.79 Å². The van der Waals surface area contributed by atoms with Gasteiger partial charge in [0.1, 0.15) is 17.0 Å². The van der Waals surface area contributed by atoms with E-state index in [1.54, 1.807) is 25.2 Å². The van der Waals surface area contributed by atoms with Crippen molar-refractivity contribution in [2.75, 3.05) is 38.6 Å².